The Kier molecular flexibility index (Phi) is 9.17. The van der Waals surface area contributed by atoms with Gasteiger partial charge < -0.3 is 19.5 Å². The topological polar surface area (TPSA) is 132 Å². The van der Waals surface area contributed by atoms with Crippen LogP contribution in [-0.4, -0.2) is 85.9 Å². The molecule has 1 atom stereocenters. The van der Waals surface area contributed by atoms with Crippen molar-refractivity contribution in [2.24, 2.45) is 0 Å². The molecule has 198 valence electrons. The molecule has 2 aromatic carbocycles. The SMILES string of the molecule is C[C@@H](Oc1ccc(N(C)S(C)(=O)=O)cc1)C(=O)NCCOc1ccc(S(=O)(=O)N2CCOCC2)cc1. The van der Waals surface area contributed by atoms with Crippen LogP contribution >= 0.6 is 0 Å². The van der Waals surface area contributed by atoms with Crippen LogP contribution in [-0.2, 0) is 29.6 Å². The fourth-order valence-corrected chi connectivity index (χ4v) is 5.23. The van der Waals surface area contributed by atoms with Gasteiger partial charge in [0.15, 0.2) is 6.10 Å². The van der Waals surface area contributed by atoms with E-state index in [1.807, 2.05) is 0 Å². The Morgan fingerprint density at radius 2 is 1.61 bits per heavy atom. The first-order valence-corrected chi connectivity index (χ1v) is 14.6. The Labute approximate surface area is 212 Å². The number of hydrogen-bond acceptors (Lipinski definition) is 8. The predicted octanol–water partition coefficient (Wildman–Crippen LogP) is 1.07. The van der Waals surface area contributed by atoms with Gasteiger partial charge >= 0.3 is 0 Å². The van der Waals surface area contributed by atoms with Gasteiger partial charge in [-0.15, -0.1) is 0 Å². The van der Waals surface area contributed by atoms with Crippen molar-refractivity contribution in [1.82, 2.24) is 9.62 Å². The van der Waals surface area contributed by atoms with E-state index in [1.165, 1.54) is 23.5 Å². The van der Waals surface area contributed by atoms with Crippen molar-refractivity contribution in [2.45, 2.75) is 17.9 Å². The van der Waals surface area contributed by atoms with Crippen LogP contribution in [0.2, 0.25) is 0 Å². The van der Waals surface area contributed by atoms with Crippen molar-refractivity contribution in [2.75, 3.05) is 57.1 Å². The van der Waals surface area contributed by atoms with Gasteiger partial charge in [0.25, 0.3) is 5.91 Å². The van der Waals surface area contributed by atoms with E-state index in [9.17, 15) is 21.6 Å². The molecule has 36 heavy (non-hydrogen) atoms. The minimum Gasteiger partial charge on any atom is -0.492 e. The number of rotatable bonds is 11. The minimum absolute atomic E-state index is 0.181. The number of amides is 1. The summed E-state index contributed by atoms with van der Waals surface area (Å²) in [6, 6.07) is 12.5. The highest BCUT2D eigenvalue weighted by Crippen LogP contribution is 2.22. The number of ether oxygens (including phenoxy) is 3. The summed E-state index contributed by atoms with van der Waals surface area (Å²) >= 11 is 0. The Bertz CT molecular complexity index is 1230. The van der Waals surface area contributed by atoms with Crippen LogP contribution in [0.15, 0.2) is 53.4 Å². The molecule has 0 bridgehead atoms. The maximum atomic E-state index is 12.7. The summed E-state index contributed by atoms with van der Waals surface area (Å²) in [6.07, 6.45) is 0.327. The van der Waals surface area contributed by atoms with Crippen LogP contribution in [0.5, 0.6) is 11.5 Å². The van der Waals surface area contributed by atoms with E-state index >= 15 is 0 Å². The van der Waals surface area contributed by atoms with E-state index < -0.39 is 26.2 Å². The molecule has 0 aliphatic carbocycles. The monoisotopic (exact) mass is 541 g/mol. The van der Waals surface area contributed by atoms with Crippen LogP contribution in [0.3, 0.4) is 0 Å². The average molecular weight is 542 g/mol. The third kappa shape index (κ3) is 7.32. The molecule has 1 aliphatic rings. The molecule has 0 aromatic heterocycles. The van der Waals surface area contributed by atoms with Crippen molar-refractivity contribution in [1.29, 1.82) is 0 Å². The van der Waals surface area contributed by atoms with E-state index in [-0.39, 0.29) is 24.0 Å². The van der Waals surface area contributed by atoms with Crippen molar-refractivity contribution in [3.63, 3.8) is 0 Å². The Morgan fingerprint density at radius 3 is 2.19 bits per heavy atom. The first kappa shape index (κ1) is 27.7. The predicted molar refractivity (Wildman–Crippen MR) is 134 cm³/mol. The number of morpholine rings is 1. The molecule has 13 heteroatoms. The molecule has 1 N–H and O–H groups in total. The largest absolute Gasteiger partial charge is 0.492 e. The van der Waals surface area contributed by atoms with Gasteiger partial charge in [0.2, 0.25) is 20.0 Å². The maximum Gasteiger partial charge on any atom is 0.260 e. The van der Waals surface area contributed by atoms with Crippen LogP contribution in [0.1, 0.15) is 6.92 Å². The normalized spacial score (nSPS) is 15.6. The lowest BCUT2D eigenvalue weighted by molar-refractivity contribution is -0.127. The van der Waals surface area contributed by atoms with Gasteiger partial charge in [0, 0.05) is 20.1 Å². The number of sulfonamides is 2. The number of anilines is 1. The molecular weight excluding hydrogens is 510 g/mol. The number of nitrogens with zero attached hydrogens (tertiary/aromatic N) is 2. The molecule has 11 nitrogen and oxygen atoms in total. The summed E-state index contributed by atoms with van der Waals surface area (Å²) < 4.78 is 67.5. The number of carbonyl (C=O) groups is 1. The Hall–Kier alpha value is -2.87. The smallest absolute Gasteiger partial charge is 0.260 e. The third-order valence-electron chi connectivity index (χ3n) is 5.48. The van der Waals surface area contributed by atoms with E-state index in [0.717, 1.165) is 10.6 Å². The number of hydrogen-bond donors (Lipinski definition) is 1. The number of nitrogens with one attached hydrogen (secondary N) is 1. The summed E-state index contributed by atoms with van der Waals surface area (Å²) in [5.74, 6) is 0.559. The average Bonchev–Trinajstić information content (AvgIpc) is 2.86. The van der Waals surface area contributed by atoms with Crippen molar-refractivity contribution >= 4 is 31.6 Å². The molecule has 3 rings (SSSR count). The van der Waals surface area contributed by atoms with Gasteiger partial charge in [-0.2, -0.15) is 4.31 Å². The van der Waals surface area contributed by atoms with Gasteiger partial charge in [0.1, 0.15) is 18.1 Å². The number of carbonyl (C=O) groups excluding carboxylic acids is 1. The lowest BCUT2D eigenvalue weighted by Gasteiger charge is -2.26. The van der Waals surface area contributed by atoms with Gasteiger partial charge in [-0.25, -0.2) is 16.8 Å². The third-order valence-corrected chi connectivity index (χ3v) is 8.60. The van der Waals surface area contributed by atoms with Crippen molar-refractivity contribution in [3.8, 4) is 11.5 Å². The standard InChI is InChI=1S/C23H31N3O8S2/c1-18(34-21-6-4-19(5-7-21)25(2)35(3,28)29)23(27)24-12-15-33-20-8-10-22(11-9-20)36(30,31)26-13-16-32-17-14-26/h4-11,18H,12-17H2,1-3H3,(H,24,27)/t18-/m1/s1. The van der Waals surface area contributed by atoms with Gasteiger partial charge in [-0.3, -0.25) is 9.10 Å². The summed E-state index contributed by atoms with van der Waals surface area (Å²) in [6.45, 7) is 3.41. The van der Waals surface area contributed by atoms with Gasteiger partial charge in [0.05, 0.1) is 36.6 Å². The highest BCUT2D eigenvalue weighted by Gasteiger charge is 2.26. The van der Waals surface area contributed by atoms with Gasteiger partial charge in [-0.1, -0.05) is 0 Å². The highest BCUT2D eigenvalue weighted by atomic mass is 32.2. The van der Waals surface area contributed by atoms with E-state index in [0.29, 0.717) is 43.5 Å². The Morgan fingerprint density at radius 1 is 1.03 bits per heavy atom. The highest BCUT2D eigenvalue weighted by molar-refractivity contribution is 7.92. The zero-order chi connectivity index (χ0) is 26.3. The number of benzene rings is 2. The minimum atomic E-state index is -3.57. The van der Waals surface area contributed by atoms with Crippen LogP contribution in [0.25, 0.3) is 0 Å². The summed E-state index contributed by atoms with van der Waals surface area (Å²) in [5.41, 5.74) is 0.478. The van der Waals surface area contributed by atoms with Crippen molar-refractivity contribution in [3.05, 3.63) is 48.5 Å². The molecular formula is C23H31N3O8S2. The lowest BCUT2D eigenvalue weighted by Crippen LogP contribution is -2.40. The molecule has 0 saturated carbocycles. The summed E-state index contributed by atoms with van der Waals surface area (Å²) in [5, 5.41) is 2.71. The molecule has 1 amide bonds. The molecule has 1 heterocycles. The fourth-order valence-electron chi connectivity index (χ4n) is 3.31. The second-order valence-corrected chi connectivity index (χ2v) is 12.1. The zero-order valence-corrected chi connectivity index (χ0v) is 22.0. The molecule has 1 fully saturated rings. The van der Waals surface area contributed by atoms with Crippen molar-refractivity contribution < 1.29 is 35.8 Å². The molecule has 0 unspecified atom stereocenters. The summed E-state index contributed by atoms with van der Waals surface area (Å²) in [4.78, 5) is 12.5. The molecule has 1 saturated heterocycles. The summed E-state index contributed by atoms with van der Waals surface area (Å²) in [7, 11) is -5.48. The van der Waals surface area contributed by atoms with Crippen LogP contribution < -0.4 is 19.1 Å². The van der Waals surface area contributed by atoms with E-state index in [4.69, 9.17) is 14.2 Å². The molecule has 0 radical (unpaired) electrons. The first-order valence-electron chi connectivity index (χ1n) is 11.3. The first-order chi connectivity index (χ1) is 17.0. The van der Waals surface area contributed by atoms with Crippen LogP contribution in [0.4, 0.5) is 5.69 Å². The second kappa shape index (κ2) is 11.9. The van der Waals surface area contributed by atoms with Crippen LogP contribution in [0, 0.1) is 0 Å². The van der Waals surface area contributed by atoms with Gasteiger partial charge in [-0.05, 0) is 55.5 Å². The maximum absolute atomic E-state index is 12.7. The zero-order valence-electron chi connectivity index (χ0n) is 20.4. The quantitative estimate of drug-likeness (QED) is 0.418. The molecule has 1 aliphatic heterocycles. The Balaban J connectivity index is 1.42. The fraction of sp³-hybridized carbons (Fsp3) is 0.435. The van der Waals surface area contributed by atoms with E-state index in [1.54, 1.807) is 43.3 Å². The lowest BCUT2D eigenvalue weighted by atomic mass is 10.3. The van der Waals surface area contributed by atoms with E-state index in [2.05, 4.69) is 5.32 Å². The molecule has 2 aromatic rings. The molecule has 0 spiro atoms. The second-order valence-electron chi connectivity index (χ2n) is 8.11.